The number of halogens is 1. The van der Waals surface area contributed by atoms with Gasteiger partial charge in [-0.1, -0.05) is 29.8 Å². The number of ether oxygens (including phenoxy) is 1. The standard InChI is InChI=1S/C23H24ClN3O4/c1-3-31-19-12-15(22(28)25-30)11-14-7-6-10-27(13-17(14)19)23(29)21-20(24)16-8-4-5-9-18(16)26(21)2/h4-5,8-9,11-12,30H,3,6-7,10,13H2,1-2H3,(H,25,28). The van der Waals surface area contributed by atoms with E-state index in [1.54, 1.807) is 22.5 Å². The second kappa shape index (κ2) is 8.61. The summed E-state index contributed by atoms with van der Waals surface area (Å²) in [6.07, 6.45) is 1.42. The maximum absolute atomic E-state index is 13.5. The fraction of sp³-hybridized carbons (Fsp3) is 0.304. The van der Waals surface area contributed by atoms with Gasteiger partial charge in [-0.15, -0.1) is 0 Å². The van der Waals surface area contributed by atoms with Crippen molar-refractivity contribution in [1.82, 2.24) is 14.9 Å². The average molecular weight is 442 g/mol. The normalized spacial score (nSPS) is 13.6. The summed E-state index contributed by atoms with van der Waals surface area (Å²) in [6.45, 7) is 3.18. The quantitative estimate of drug-likeness (QED) is 0.474. The highest BCUT2D eigenvalue weighted by molar-refractivity contribution is 6.38. The first-order valence-electron chi connectivity index (χ1n) is 10.2. The van der Waals surface area contributed by atoms with Crippen molar-refractivity contribution in [1.29, 1.82) is 0 Å². The van der Waals surface area contributed by atoms with Crippen LogP contribution in [0.1, 0.15) is 45.3 Å². The molecule has 1 aliphatic rings. The van der Waals surface area contributed by atoms with Crippen LogP contribution in [0.15, 0.2) is 36.4 Å². The number of aromatic nitrogens is 1. The molecular weight excluding hydrogens is 418 g/mol. The molecule has 31 heavy (non-hydrogen) atoms. The number of hydrogen-bond donors (Lipinski definition) is 2. The van der Waals surface area contributed by atoms with Crippen LogP contribution in [0, 0.1) is 0 Å². The van der Waals surface area contributed by atoms with Crippen LogP contribution in [0.2, 0.25) is 5.02 Å². The van der Waals surface area contributed by atoms with E-state index in [0.717, 1.165) is 28.5 Å². The molecule has 0 spiro atoms. The third kappa shape index (κ3) is 3.75. The Kier molecular flexibility index (Phi) is 5.89. The van der Waals surface area contributed by atoms with Crippen LogP contribution in [0.5, 0.6) is 5.75 Å². The maximum atomic E-state index is 13.5. The first kappa shape index (κ1) is 21.2. The molecule has 0 radical (unpaired) electrons. The number of fused-ring (bicyclic) bond motifs is 2. The molecule has 0 atom stereocenters. The number of nitrogens with one attached hydrogen (secondary N) is 1. The summed E-state index contributed by atoms with van der Waals surface area (Å²) >= 11 is 6.61. The van der Waals surface area contributed by atoms with Crippen molar-refractivity contribution in [3.8, 4) is 5.75 Å². The number of hydroxylamine groups is 1. The van der Waals surface area contributed by atoms with Gasteiger partial charge >= 0.3 is 0 Å². The third-order valence-corrected chi connectivity index (χ3v) is 6.11. The highest BCUT2D eigenvalue weighted by Crippen LogP contribution is 2.34. The van der Waals surface area contributed by atoms with Gasteiger partial charge in [-0.2, -0.15) is 0 Å². The molecule has 0 aliphatic carbocycles. The van der Waals surface area contributed by atoms with Crippen molar-refractivity contribution in [2.24, 2.45) is 7.05 Å². The second-order valence-corrected chi connectivity index (χ2v) is 7.93. The van der Waals surface area contributed by atoms with Gasteiger partial charge in [0.1, 0.15) is 11.4 Å². The monoisotopic (exact) mass is 441 g/mol. The van der Waals surface area contributed by atoms with E-state index < -0.39 is 5.91 Å². The number of rotatable bonds is 4. The van der Waals surface area contributed by atoms with E-state index in [2.05, 4.69) is 0 Å². The molecule has 0 saturated heterocycles. The average Bonchev–Trinajstić information content (AvgIpc) is 2.92. The molecule has 162 valence electrons. The van der Waals surface area contributed by atoms with Crippen molar-refractivity contribution in [3.63, 3.8) is 0 Å². The number of hydrogen-bond acceptors (Lipinski definition) is 4. The van der Waals surface area contributed by atoms with Crippen molar-refractivity contribution < 1.29 is 19.5 Å². The number of amides is 2. The molecule has 0 bridgehead atoms. The van der Waals surface area contributed by atoms with E-state index in [9.17, 15) is 9.59 Å². The van der Waals surface area contributed by atoms with Gasteiger partial charge in [-0.05, 0) is 43.5 Å². The smallest absolute Gasteiger partial charge is 0.274 e. The van der Waals surface area contributed by atoms with Gasteiger partial charge in [0.15, 0.2) is 0 Å². The van der Waals surface area contributed by atoms with E-state index in [1.807, 2.05) is 42.8 Å². The number of nitrogens with zero attached hydrogens (tertiary/aromatic N) is 2. The summed E-state index contributed by atoms with van der Waals surface area (Å²) in [5.41, 5.74) is 5.16. The van der Waals surface area contributed by atoms with E-state index in [4.69, 9.17) is 21.5 Å². The Labute approximate surface area is 185 Å². The molecule has 1 aromatic heterocycles. The van der Waals surface area contributed by atoms with Crippen LogP contribution in [0.4, 0.5) is 0 Å². The van der Waals surface area contributed by atoms with E-state index >= 15 is 0 Å². The second-order valence-electron chi connectivity index (χ2n) is 7.56. The summed E-state index contributed by atoms with van der Waals surface area (Å²) in [4.78, 5) is 27.3. The van der Waals surface area contributed by atoms with Gasteiger partial charge in [0, 0.05) is 42.2 Å². The Morgan fingerprint density at radius 3 is 2.74 bits per heavy atom. The minimum atomic E-state index is -0.594. The van der Waals surface area contributed by atoms with Gasteiger partial charge in [0.05, 0.1) is 11.6 Å². The largest absolute Gasteiger partial charge is 0.493 e. The fourth-order valence-corrected chi connectivity index (χ4v) is 4.59. The molecule has 3 aromatic rings. The van der Waals surface area contributed by atoms with Crippen LogP contribution in [-0.2, 0) is 20.0 Å². The SMILES string of the molecule is CCOc1cc(C(=O)NO)cc2c1CN(C(=O)c1c(Cl)c3ccccc3n1C)CCC2. The first-order chi connectivity index (χ1) is 15.0. The Morgan fingerprint density at radius 2 is 2.03 bits per heavy atom. The Morgan fingerprint density at radius 1 is 1.26 bits per heavy atom. The third-order valence-electron chi connectivity index (χ3n) is 5.72. The zero-order chi connectivity index (χ0) is 22.1. The molecular formula is C23H24ClN3O4. The highest BCUT2D eigenvalue weighted by Gasteiger charge is 2.28. The first-order valence-corrected chi connectivity index (χ1v) is 10.6. The fourth-order valence-electron chi connectivity index (χ4n) is 4.22. The molecule has 2 amide bonds. The number of carbonyl (C=O) groups is 2. The van der Waals surface area contributed by atoms with Gasteiger partial charge in [-0.3, -0.25) is 14.8 Å². The van der Waals surface area contributed by atoms with Crippen molar-refractivity contribution in [2.45, 2.75) is 26.3 Å². The minimum Gasteiger partial charge on any atom is -0.493 e. The zero-order valence-electron chi connectivity index (χ0n) is 17.4. The molecule has 1 aliphatic heterocycles. The van der Waals surface area contributed by atoms with Crippen molar-refractivity contribution in [2.75, 3.05) is 13.2 Å². The topological polar surface area (TPSA) is 83.8 Å². The molecule has 0 fully saturated rings. The maximum Gasteiger partial charge on any atom is 0.274 e. The summed E-state index contributed by atoms with van der Waals surface area (Å²) in [5, 5.41) is 10.3. The Hall–Kier alpha value is -3.03. The highest BCUT2D eigenvalue weighted by atomic mass is 35.5. The Balaban J connectivity index is 1.74. The summed E-state index contributed by atoms with van der Waals surface area (Å²) < 4.78 is 7.63. The van der Waals surface area contributed by atoms with Gasteiger partial charge < -0.3 is 14.2 Å². The number of aryl methyl sites for hydroxylation is 2. The lowest BCUT2D eigenvalue weighted by Gasteiger charge is -2.23. The molecule has 2 aromatic carbocycles. The number of benzene rings is 2. The van der Waals surface area contributed by atoms with Gasteiger partial charge in [0.25, 0.3) is 11.8 Å². The summed E-state index contributed by atoms with van der Waals surface area (Å²) in [6, 6.07) is 11.0. The predicted octanol–water partition coefficient (Wildman–Crippen LogP) is 3.94. The molecule has 2 heterocycles. The van der Waals surface area contributed by atoms with Crippen molar-refractivity contribution >= 4 is 34.3 Å². The lowest BCUT2D eigenvalue weighted by Crippen LogP contribution is -2.32. The van der Waals surface area contributed by atoms with Crippen LogP contribution in [0.25, 0.3) is 10.9 Å². The molecule has 8 heteroatoms. The molecule has 0 unspecified atom stereocenters. The molecule has 7 nitrogen and oxygen atoms in total. The minimum absolute atomic E-state index is 0.142. The predicted molar refractivity (Wildman–Crippen MR) is 118 cm³/mol. The number of para-hydroxylation sites is 1. The molecule has 0 saturated carbocycles. The summed E-state index contributed by atoms with van der Waals surface area (Å²) in [7, 11) is 1.85. The number of carbonyl (C=O) groups excluding carboxylic acids is 2. The zero-order valence-corrected chi connectivity index (χ0v) is 18.2. The van der Waals surface area contributed by atoms with E-state index in [1.165, 1.54) is 0 Å². The van der Waals surface area contributed by atoms with E-state index in [0.29, 0.717) is 48.1 Å². The molecule has 4 rings (SSSR count). The lowest BCUT2D eigenvalue weighted by molar-refractivity contribution is 0.0704. The molecule has 2 N–H and O–H groups in total. The van der Waals surface area contributed by atoms with Crippen molar-refractivity contribution in [3.05, 3.63) is 63.8 Å². The van der Waals surface area contributed by atoms with Crippen LogP contribution >= 0.6 is 11.6 Å². The van der Waals surface area contributed by atoms with Crippen LogP contribution in [-0.4, -0.2) is 39.6 Å². The van der Waals surface area contributed by atoms with E-state index in [-0.39, 0.29) is 5.91 Å². The summed E-state index contributed by atoms with van der Waals surface area (Å²) in [5.74, 6) is -0.194. The van der Waals surface area contributed by atoms with Gasteiger partial charge in [-0.25, -0.2) is 5.48 Å². The van der Waals surface area contributed by atoms with Gasteiger partial charge in [0.2, 0.25) is 0 Å². The van der Waals surface area contributed by atoms with Crippen LogP contribution < -0.4 is 10.2 Å². The Bertz CT molecular complexity index is 1130. The van der Waals surface area contributed by atoms with Crippen LogP contribution in [0.3, 0.4) is 0 Å². The lowest BCUT2D eigenvalue weighted by atomic mass is 9.99.